The quantitative estimate of drug-likeness (QED) is 0.379. The molecule has 0 aromatic rings. The maximum atomic E-state index is 9.75. The molecule has 0 spiro atoms. The van der Waals surface area contributed by atoms with Crippen molar-refractivity contribution in [3.63, 3.8) is 0 Å². The minimum absolute atomic E-state index is 1.06. The fourth-order valence-electron chi connectivity index (χ4n) is 1.29. The van der Waals surface area contributed by atoms with Gasteiger partial charge in [0, 0.05) is 6.54 Å². The van der Waals surface area contributed by atoms with Gasteiger partial charge in [-0.15, -0.1) is 0 Å². The van der Waals surface area contributed by atoms with E-state index in [1.54, 1.807) is 0 Å². The van der Waals surface area contributed by atoms with Crippen LogP contribution >= 0.6 is 0 Å². The molecular weight excluding hydrogens is 213 g/mol. The van der Waals surface area contributed by atoms with Gasteiger partial charge >= 0.3 is 7.25 Å². The van der Waals surface area contributed by atoms with E-state index < -0.39 is 7.25 Å². The summed E-state index contributed by atoms with van der Waals surface area (Å²) < 4.78 is 41.2. The molecule has 0 saturated carbocycles. The molecule has 1 aliphatic heterocycles. The van der Waals surface area contributed by atoms with Gasteiger partial charge in [0.1, 0.15) is 13.3 Å². The Bertz CT molecular complexity index is 213. The molecule has 1 rings (SSSR count). The molecule has 15 heavy (non-hydrogen) atoms. The van der Waals surface area contributed by atoms with E-state index in [4.69, 9.17) is 0 Å². The van der Waals surface area contributed by atoms with Crippen molar-refractivity contribution >= 4 is 13.6 Å². The molecule has 0 radical (unpaired) electrons. The van der Waals surface area contributed by atoms with Crippen molar-refractivity contribution in [1.29, 1.82) is 0 Å². The molecule has 0 N–H and O–H groups in total. The largest absolute Gasteiger partial charge is 0.673 e. The Morgan fingerprint density at radius 1 is 1.33 bits per heavy atom. The third-order valence-corrected chi connectivity index (χ3v) is 1.69. The summed E-state index contributed by atoms with van der Waals surface area (Å²) in [6, 6.07) is 0. The molecule has 0 bridgehead atoms. The van der Waals surface area contributed by atoms with Gasteiger partial charge in [0.05, 0.1) is 14.1 Å². The van der Waals surface area contributed by atoms with Crippen molar-refractivity contribution in [3.05, 3.63) is 0 Å². The summed E-state index contributed by atoms with van der Waals surface area (Å²) in [7, 11) is -1.81. The van der Waals surface area contributed by atoms with Crippen molar-refractivity contribution < 1.29 is 21.8 Å². The first-order chi connectivity index (χ1) is 6.72. The molecule has 0 atom stereocenters. The summed E-state index contributed by atoms with van der Waals surface area (Å²) >= 11 is 0. The summed E-state index contributed by atoms with van der Waals surface area (Å²) in [5.74, 6) is 0. The van der Waals surface area contributed by atoms with Crippen LogP contribution in [0.25, 0.3) is 0 Å². The van der Waals surface area contributed by atoms with E-state index >= 15 is 0 Å². The molecule has 0 aromatic heterocycles. The lowest BCUT2D eigenvalue weighted by Crippen LogP contribution is -2.45. The van der Waals surface area contributed by atoms with Gasteiger partial charge in [-0.05, 0) is 0 Å². The predicted octanol–water partition coefficient (Wildman–Crippen LogP) is 1.14. The standard InChI is InChI=1S/C7H16N3.BF4/c1-4-10-6-8(2)5-9(3)7-10;2-1(3,4)5/h5H,4,6-7H2,1-3H3;/q+1;-1. The lowest BCUT2D eigenvalue weighted by molar-refractivity contribution is -0.529. The van der Waals surface area contributed by atoms with E-state index in [0.717, 1.165) is 19.9 Å². The topological polar surface area (TPSA) is 9.49 Å². The van der Waals surface area contributed by atoms with Crippen LogP contribution < -0.4 is 0 Å². The van der Waals surface area contributed by atoms with Crippen LogP contribution in [0.2, 0.25) is 0 Å². The van der Waals surface area contributed by atoms with Crippen LogP contribution in [0.5, 0.6) is 0 Å². The average molecular weight is 229 g/mol. The Kier molecular flexibility index (Phi) is 5.63. The maximum absolute atomic E-state index is 9.75. The van der Waals surface area contributed by atoms with E-state index in [-0.39, 0.29) is 0 Å². The lowest BCUT2D eigenvalue weighted by atomic mass is 10.3. The van der Waals surface area contributed by atoms with Gasteiger partial charge < -0.3 is 17.3 Å². The predicted molar refractivity (Wildman–Crippen MR) is 52.3 cm³/mol. The molecule has 90 valence electrons. The van der Waals surface area contributed by atoms with Crippen LogP contribution in [0.4, 0.5) is 17.3 Å². The summed E-state index contributed by atoms with van der Waals surface area (Å²) in [4.78, 5) is 4.56. The molecule has 0 unspecified atom stereocenters. The Morgan fingerprint density at radius 3 is 2.13 bits per heavy atom. The molecular formula is C7H16BF4N3. The monoisotopic (exact) mass is 229 g/mol. The summed E-state index contributed by atoms with van der Waals surface area (Å²) in [6.07, 6.45) is 2.13. The molecule has 0 saturated heterocycles. The van der Waals surface area contributed by atoms with Crippen molar-refractivity contribution in [1.82, 2.24) is 9.80 Å². The molecule has 0 fully saturated rings. The smallest absolute Gasteiger partial charge is 0.418 e. The van der Waals surface area contributed by atoms with E-state index in [9.17, 15) is 17.3 Å². The summed E-state index contributed by atoms with van der Waals surface area (Å²) in [5.41, 5.74) is 0. The van der Waals surface area contributed by atoms with Gasteiger partial charge in [-0.25, -0.2) is 4.90 Å². The van der Waals surface area contributed by atoms with E-state index in [1.807, 2.05) is 0 Å². The van der Waals surface area contributed by atoms with Crippen LogP contribution in [0.3, 0.4) is 0 Å². The van der Waals surface area contributed by atoms with Crippen molar-refractivity contribution in [2.75, 3.05) is 34.0 Å². The first-order valence-corrected chi connectivity index (χ1v) is 4.57. The maximum Gasteiger partial charge on any atom is 0.673 e. The highest BCUT2D eigenvalue weighted by Gasteiger charge is 2.20. The van der Waals surface area contributed by atoms with Crippen molar-refractivity contribution in [2.24, 2.45) is 0 Å². The van der Waals surface area contributed by atoms with Crippen LogP contribution in [0.1, 0.15) is 6.92 Å². The van der Waals surface area contributed by atoms with Gasteiger partial charge in [0.25, 0.3) is 0 Å². The Morgan fingerprint density at radius 2 is 1.80 bits per heavy atom. The van der Waals surface area contributed by atoms with E-state index in [0.29, 0.717) is 0 Å². The van der Waals surface area contributed by atoms with Crippen LogP contribution in [0.15, 0.2) is 0 Å². The number of rotatable bonds is 1. The highest BCUT2D eigenvalue weighted by molar-refractivity contribution is 6.50. The first-order valence-electron chi connectivity index (χ1n) is 4.57. The molecule has 0 amide bonds. The Hall–Kier alpha value is -0.785. The molecule has 3 nitrogen and oxygen atoms in total. The molecule has 1 heterocycles. The first kappa shape index (κ1) is 14.2. The second kappa shape index (κ2) is 5.94. The van der Waals surface area contributed by atoms with Gasteiger partial charge in [0.2, 0.25) is 6.34 Å². The second-order valence-electron chi connectivity index (χ2n) is 3.39. The van der Waals surface area contributed by atoms with E-state index in [1.165, 1.54) is 0 Å². The number of halogens is 4. The average Bonchev–Trinajstić information content (AvgIpc) is 1.99. The SMILES string of the molecule is CCN1CN(C)C=[N+](C)C1.F[B-](F)(F)F. The minimum atomic E-state index is -6.00. The van der Waals surface area contributed by atoms with Crippen LogP contribution in [-0.4, -0.2) is 61.9 Å². The third-order valence-electron chi connectivity index (χ3n) is 1.69. The zero-order valence-corrected chi connectivity index (χ0v) is 9.13. The number of nitrogens with zero attached hydrogens (tertiary/aromatic N) is 3. The fourth-order valence-corrected chi connectivity index (χ4v) is 1.29. The van der Waals surface area contributed by atoms with Crippen molar-refractivity contribution in [2.45, 2.75) is 6.92 Å². The molecule has 0 aliphatic carbocycles. The highest BCUT2D eigenvalue weighted by atomic mass is 19.5. The Labute approximate surface area is 87.1 Å². The number of hydrogen-bond acceptors (Lipinski definition) is 2. The fraction of sp³-hybridized carbons (Fsp3) is 0.857. The van der Waals surface area contributed by atoms with Gasteiger partial charge in [-0.2, -0.15) is 0 Å². The second-order valence-corrected chi connectivity index (χ2v) is 3.39. The van der Waals surface area contributed by atoms with Gasteiger partial charge in [0.15, 0.2) is 0 Å². The van der Waals surface area contributed by atoms with Crippen LogP contribution in [0, 0.1) is 0 Å². The minimum Gasteiger partial charge on any atom is -0.418 e. The zero-order chi connectivity index (χ0) is 12.1. The number of hydrogen-bond donors (Lipinski definition) is 0. The van der Waals surface area contributed by atoms with Gasteiger partial charge in [-0.3, -0.25) is 9.48 Å². The van der Waals surface area contributed by atoms with Crippen molar-refractivity contribution in [3.8, 4) is 0 Å². The van der Waals surface area contributed by atoms with Gasteiger partial charge in [-0.1, -0.05) is 6.92 Å². The molecule has 1 aliphatic rings. The highest BCUT2D eigenvalue weighted by Crippen LogP contribution is 2.06. The summed E-state index contributed by atoms with van der Waals surface area (Å²) in [5, 5.41) is 0. The van der Waals surface area contributed by atoms with E-state index in [2.05, 4.69) is 41.7 Å². The van der Waals surface area contributed by atoms with Crippen LogP contribution in [-0.2, 0) is 0 Å². The normalized spacial score (nSPS) is 18.1. The molecule has 8 heteroatoms. The third kappa shape index (κ3) is 9.52. The Balaban J connectivity index is 0.000000336. The lowest BCUT2D eigenvalue weighted by Gasteiger charge is -2.25. The zero-order valence-electron chi connectivity index (χ0n) is 9.13. The summed E-state index contributed by atoms with van der Waals surface area (Å²) in [6.45, 7) is 5.43. The molecule has 0 aromatic carbocycles.